The number of hydrogen-bond acceptors (Lipinski definition) is 7. The Morgan fingerprint density at radius 2 is 1.73 bits per heavy atom. The molecular weight excluding hydrogens is 524 g/mol. The Morgan fingerprint density at radius 3 is 2.41 bits per heavy atom. The van der Waals surface area contributed by atoms with Gasteiger partial charge >= 0.3 is 0 Å². The summed E-state index contributed by atoms with van der Waals surface area (Å²) in [6.45, 7) is 1.95. The number of nitrogens with two attached hydrogens (primary N) is 1. The van der Waals surface area contributed by atoms with Crippen molar-refractivity contribution in [3.8, 4) is 11.5 Å². The van der Waals surface area contributed by atoms with Crippen molar-refractivity contribution < 1.29 is 29.3 Å². The summed E-state index contributed by atoms with van der Waals surface area (Å²) in [6, 6.07) is 18.6. The van der Waals surface area contributed by atoms with E-state index in [0.717, 1.165) is 11.1 Å². The van der Waals surface area contributed by atoms with Gasteiger partial charge in [0.05, 0.1) is 13.2 Å². The second-order valence-electron chi connectivity index (χ2n) is 10.2. The van der Waals surface area contributed by atoms with E-state index in [-0.39, 0.29) is 43.2 Å². The minimum absolute atomic E-state index is 0.0385. The summed E-state index contributed by atoms with van der Waals surface area (Å²) < 4.78 is 5.16. The molecule has 4 atom stereocenters. The average Bonchev–Trinajstić information content (AvgIpc) is 3.38. The van der Waals surface area contributed by atoms with E-state index in [1.165, 1.54) is 11.0 Å². The molecule has 0 unspecified atom stereocenters. The van der Waals surface area contributed by atoms with Crippen molar-refractivity contribution in [2.24, 2.45) is 5.73 Å². The topological polar surface area (TPSA) is 154 Å². The molecule has 1 heterocycles. The summed E-state index contributed by atoms with van der Waals surface area (Å²) >= 11 is 0. The highest BCUT2D eigenvalue weighted by Gasteiger charge is 2.42. The van der Waals surface area contributed by atoms with Gasteiger partial charge in [-0.25, -0.2) is 0 Å². The first-order valence-corrected chi connectivity index (χ1v) is 13.5. The molecule has 0 aromatic heterocycles. The number of likely N-dealkylation sites (tertiary alicyclic amines) is 1. The molecule has 1 fully saturated rings. The van der Waals surface area contributed by atoms with Gasteiger partial charge in [0.25, 0.3) is 11.8 Å². The van der Waals surface area contributed by atoms with Crippen molar-refractivity contribution in [3.05, 3.63) is 95.1 Å². The molecule has 10 nitrogen and oxygen atoms in total. The summed E-state index contributed by atoms with van der Waals surface area (Å²) in [5, 5.41) is 27.0. The van der Waals surface area contributed by atoms with Crippen molar-refractivity contribution in [2.45, 2.75) is 50.5 Å². The Kier molecular flexibility index (Phi) is 9.59. The molecule has 10 heteroatoms. The first-order valence-electron chi connectivity index (χ1n) is 13.5. The number of nitrogens with zero attached hydrogens (tertiary/aromatic N) is 1. The molecule has 41 heavy (non-hydrogen) atoms. The number of rotatable bonds is 10. The predicted molar refractivity (Wildman–Crippen MR) is 153 cm³/mol. The fourth-order valence-electron chi connectivity index (χ4n) is 4.98. The highest BCUT2D eigenvalue weighted by atomic mass is 16.5. The number of nitrogens with one attached hydrogen (secondary N) is 2. The number of aliphatic hydroxyl groups is 1. The highest BCUT2D eigenvalue weighted by molar-refractivity contribution is 5.97. The van der Waals surface area contributed by atoms with Crippen LogP contribution in [0.15, 0.2) is 72.8 Å². The van der Waals surface area contributed by atoms with E-state index in [2.05, 4.69) is 10.6 Å². The maximum atomic E-state index is 13.7. The van der Waals surface area contributed by atoms with Crippen LogP contribution in [0.2, 0.25) is 0 Å². The van der Waals surface area contributed by atoms with Crippen LogP contribution in [0.4, 0.5) is 0 Å². The third-order valence-electron chi connectivity index (χ3n) is 7.34. The van der Waals surface area contributed by atoms with E-state index in [1.54, 1.807) is 38.3 Å². The van der Waals surface area contributed by atoms with Crippen molar-refractivity contribution in [3.63, 3.8) is 0 Å². The lowest BCUT2D eigenvalue weighted by Crippen LogP contribution is -2.55. The molecule has 3 aromatic carbocycles. The maximum Gasteiger partial charge on any atom is 0.254 e. The molecule has 0 saturated carbocycles. The van der Waals surface area contributed by atoms with E-state index in [0.29, 0.717) is 11.3 Å². The Balaban J connectivity index is 1.50. The van der Waals surface area contributed by atoms with Crippen LogP contribution in [0.3, 0.4) is 0 Å². The molecule has 0 spiro atoms. The lowest BCUT2D eigenvalue weighted by Gasteiger charge is -2.30. The van der Waals surface area contributed by atoms with Crippen molar-refractivity contribution in [1.29, 1.82) is 0 Å². The van der Waals surface area contributed by atoms with Gasteiger partial charge in [-0.2, -0.15) is 0 Å². The smallest absolute Gasteiger partial charge is 0.254 e. The fraction of sp³-hybridized carbons (Fsp3) is 0.323. The van der Waals surface area contributed by atoms with Gasteiger partial charge in [-0.1, -0.05) is 48.5 Å². The van der Waals surface area contributed by atoms with Crippen LogP contribution in [0.1, 0.15) is 33.5 Å². The number of amides is 3. The second-order valence-corrected chi connectivity index (χ2v) is 10.2. The Labute approximate surface area is 239 Å². The summed E-state index contributed by atoms with van der Waals surface area (Å²) in [5.41, 5.74) is 8.41. The monoisotopic (exact) mass is 560 g/mol. The van der Waals surface area contributed by atoms with E-state index in [1.807, 2.05) is 42.5 Å². The number of ether oxygens (including phenoxy) is 1. The summed E-state index contributed by atoms with van der Waals surface area (Å²) in [4.78, 5) is 41.3. The Hall–Kier alpha value is -4.41. The largest absolute Gasteiger partial charge is 0.508 e. The second kappa shape index (κ2) is 13.3. The molecule has 0 bridgehead atoms. The van der Waals surface area contributed by atoms with Crippen LogP contribution in [-0.4, -0.2) is 70.7 Å². The van der Waals surface area contributed by atoms with E-state index in [9.17, 15) is 24.6 Å². The van der Waals surface area contributed by atoms with E-state index < -0.39 is 36.0 Å². The zero-order chi connectivity index (χ0) is 29.5. The molecule has 6 N–H and O–H groups in total. The van der Waals surface area contributed by atoms with Crippen molar-refractivity contribution in [1.82, 2.24) is 15.5 Å². The molecule has 0 radical (unpaired) electrons. The van der Waals surface area contributed by atoms with Crippen LogP contribution in [0.25, 0.3) is 0 Å². The van der Waals surface area contributed by atoms with Gasteiger partial charge in [-0.05, 0) is 55.2 Å². The third-order valence-corrected chi connectivity index (χ3v) is 7.34. The molecule has 1 saturated heterocycles. The quantitative estimate of drug-likeness (QED) is 0.253. The first-order chi connectivity index (χ1) is 19.7. The normalized spacial score (nSPS) is 17.9. The maximum absolute atomic E-state index is 13.7. The van der Waals surface area contributed by atoms with Crippen LogP contribution in [-0.2, 0) is 22.6 Å². The minimum atomic E-state index is -1.65. The zero-order valence-corrected chi connectivity index (χ0v) is 23.1. The number of carbonyl (C=O) groups excluding carboxylic acids is 3. The van der Waals surface area contributed by atoms with E-state index >= 15 is 0 Å². The fourth-order valence-corrected chi connectivity index (χ4v) is 4.98. The number of methoxy groups -OCH3 is 1. The van der Waals surface area contributed by atoms with Gasteiger partial charge in [-0.3, -0.25) is 14.4 Å². The Morgan fingerprint density at radius 1 is 1.02 bits per heavy atom. The molecule has 216 valence electrons. The van der Waals surface area contributed by atoms with Crippen LogP contribution >= 0.6 is 0 Å². The SMILES string of the molecule is COc1ccc(CNC(=O)[C@@H]2C[C@@H](N)CN2C(=O)[C@@H](O)[C@H](Cc2ccccc2)NC(=O)c2cccc(O)c2C)cc1. The van der Waals surface area contributed by atoms with Gasteiger partial charge in [0.15, 0.2) is 6.10 Å². The van der Waals surface area contributed by atoms with Gasteiger partial charge < -0.3 is 36.2 Å². The number of hydrogen-bond donors (Lipinski definition) is 5. The molecule has 3 amide bonds. The van der Waals surface area contributed by atoms with Crippen LogP contribution < -0.4 is 21.1 Å². The molecule has 1 aliphatic heterocycles. The van der Waals surface area contributed by atoms with E-state index in [4.69, 9.17) is 10.5 Å². The zero-order valence-electron chi connectivity index (χ0n) is 23.1. The summed E-state index contributed by atoms with van der Waals surface area (Å²) in [7, 11) is 1.57. The number of phenolic OH excluding ortho intramolecular Hbond substituents is 1. The number of phenols is 1. The average molecular weight is 561 g/mol. The highest BCUT2D eigenvalue weighted by Crippen LogP contribution is 2.22. The predicted octanol–water partition coefficient (Wildman–Crippen LogP) is 1.66. The molecule has 3 aromatic rings. The van der Waals surface area contributed by atoms with Gasteiger partial charge in [0.2, 0.25) is 5.91 Å². The number of aliphatic hydroxyl groups excluding tert-OH is 1. The number of benzene rings is 3. The van der Waals surface area contributed by atoms with Gasteiger partial charge in [0, 0.05) is 30.3 Å². The first kappa shape index (κ1) is 29.6. The standard InChI is InChI=1S/C31H36N4O6/c1-19-24(9-6-10-27(19)36)29(38)34-25(15-20-7-4-3-5-8-20)28(37)31(40)35-18-22(32)16-26(35)30(39)33-17-21-11-13-23(41-2)14-12-21/h3-14,22,25-26,28,36-37H,15-18,32H2,1-2H3,(H,33,39)(H,34,38)/t22-,25+,26+,28+/m1/s1. The molecule has 1 aliphatic rings. The molecule has 0 aliphatic carbocycles. The Bertz CT molecular complexity index is 1360. The lowest BCUT2D eigenvalue weighted by molar-refractivity contribution is -0.146. The third kappa shape index (κ3) is 7.22. The lowest BCUT2D eigenvalue weighted by atomic mass is 9.98. The van der Waals surface area contributed by atoms with Gasteiger partial charge in [-0.15, -0.1) is 0 Å². The number of carbonyl (C=O) groups is 3. The summed E-state index contributed by atoms with van der Waals surface area (Å²) in [5.74, 6) is -0.963. The van der Waals surface area contributed by atoms with Gasteiger partial charge in [0.1, 0.15) is 17.5 Å². The minimum Gasteiger partial charge on any atom is -0.508 e. The molecule has 4 rings (SSSR count). The van der Waals surface area contributed by atoms with Crippen LogP contribution in [0, 0.1) is 6.92 Å². The van der Waals surface area contributed by atoms with Crippen molar-refractivity contribution >= 4 is 17.7 Å². The van der Waals surface area contributed by atoms with Crippen LogP contribution in [0.5, 0.6) is 11.5 Å². The number of aromatic hydroxyl groups is 1. The molecular formula is C31H36N4O6. The van der Waals surface area contributed by atoms with Crippen molar-refractivity contribution in [2.75, 3.05) is 13.7 Å². The summed E-state index contributed by atoms with van der Waals surface area (Å²) in [6.07, 6.45) is -1.25.